The molecule has 2 aliphatic rings. The van der Waals surface area contributed by atoms with Crippen LogP contribution in [0.5, 0.6) is 0 Å². The first-order valence-corrected chi connectivity index (χ1v) is 40.8. The number of fused-ring (bicyclic) bond motifs is 8. The number of aromatic nitrogens is 4. The molecule has 2 aliphatic heterocycles. The molecule has 0 unspecified atom stereocenters. The molecular weight excluding hydrogens is 1560 g/mol. The molecular formula is C84H74MnN8O16S4+3. The second-order valence-electron chi connectivity index (χ2n) is 27.2. The molecule has 574 valence electrons. The number of nitrogens with one attached hydrogen (secondary N) is 2. The molecule has 0 radical (unpaired) electrons. The molecule has 0 aliphatic carbocycles. The molecule has 5 heterocycles. The standard InChI is InChI=1S/C84H74N8O16S4.Mn/c1-53-17-25-65(26-18-53)109(101,102)89(49-77(93)94)45-57-9-5-13-61(41-57)81-69-33-35-71(85-69)82(62-14-6-10-58(42-62)46-90(50-78(95)96)110(103,104)66-27-19-54(2)20-28-66)73-37-39-75(87-73)84(64-16-8-12-60(44-64)48-92(52-80(99)100)112(107,108)68-31-23-56(4)24-32-68)76-40-38-74(88-76)83(72-36-34-70(81)86-72)63-15-7-11-59(43-63)47-91(51-79(97)98)111(105,106)67-29-21-55(3)22-30-67;/h5-44,85,88H,45-52H2,1-4H3,(H,93,94)(H,95,96)(H,97,98)(H,99,100);/q;+3. The summed E-state index contributed by atoms with van der Waals surface area (Å²) in [6, 6.07) is 58.9. The van der Waals surface area contributed by atoms with E-state index in [4.69, 9.17) is 9.97 Å². The van der Waals surface area contributed by atoms with Crippen molar-refractivity contribution in [3.05, 3.63) is 286 Å². The van der Waals surface area contributed by atoms with E-state index in [1.54, 1.807) is 222 Å². The van der Waals surface area contributed by atoms with E-state index < -0.39 is 116 Å². The van der Waals surface area contributed by atoms with Gasteiger partial charge in [-0.3, -0.25) is 19.2 Å². The molecule has 3 aromatic heterocycles. The van der Waals surface area contributed by atoms with Gasteiger partial charge in [-0.05, 0) is 194 Å². The van der Waals surface area contributed by atoms with Crippen molar-refractivity contribution >= 4 is 110 Å². The van der Waals surface area contributed by atoms with E-state index in [2.05, 4.69) is 9.97 Å². The van der Waals surface area contributed by atoms with Gasteiger partial charge in [0.2, 0.25) is 40.1 Å². The molecule has 113 heavy (non-hydrogen) atoms. The van der Waals surface area contributed by atoms with Crippen LogP contribution in [0.4, 0.5) is 0 Å². The number of hydrogen-bond donors (Lipinski definition) is 6. The third kappa shape index (κ3) is 18.0. The topological polar surface area (TPSA) is 356 Å². The van der Waals surface area contributed by atoms with Crippen LogP contribution in [0.3, 0.4) is 0 Å². The number of carboxylic acids is 4. The van der Waals surface area contributed by atoms with Crippen LogP contribution in [-0.4, -0.2) is 141 Å². The van der Waals surface area contributed by atoms with Crippen molar-refractivity contribution in [1.82, 2.24) is 37.2 Å². The van der Waals surface area contributed by atoms with Crippen molar-refractivity contribution in [3.63, 3.8) is 0 Å². The van der Waals surface area contributed by atoms with Gasteiger partial charge in [0.25, 0.3) is 0 Å². The van der Waals surface area contributed by atoms with Crippen LogP contribution in [0.15, 0.2) is 238 Å². The van der Waals surface area contributed by atoms with Crippen LogP contribution in [0.2, 0.25) is 0 Å². The summed E-state index contributed by atoms with van der Waals surface area (Å²) in [5.41, 5.74) is 11.5. The smallest absolute Gasteiger partial charge is 0.480 e. The van der Waals surface area contributed by atoms with E-state index in [1.807, 2.05) is 0 Å². The van der Waals surface area contributed by atoms with E-state index in [1.165, 1.54) is 48.5 Å². The van der Waals surface area contributed by atoms with Gasteiger partial charge in [0, 0.05) is 70.5 Å². The predicted octanol–water partition coefficient (Wildman–Crippen LogP) is 13.7. The minimum atomic E-state index is -4.42. The maximum Gasteiger partial charge on any atom is 3.00 e. The van der Waals surface area contributed by atoms with Gasteiger partial charge in [0.15, 0.2) is 0 Å². The summed E-state index contributed by atoms with van der Waals surface area (Å²) in [4.78, 5) is 67.9. The van der Waals surface area contributed by atoms with Crippen LogP contribution >= 0.6 is 0 Å². The molecule has 8 bridgehead atoms. The van der Waals surface area contributed by atoms with Crippen molar-refractivity contribution in [1.29, 1.82) is 0 Å². The van der Waals surface area contributed by atoms with Gasteiger partial charge in [-0.2, -0.15) is 17.2 Å². The second kappa shape index (κ2) is 33.4. The number of hydrogen-bond acceptors (Lipinski definition) is 14. The first kappa shape index (κ1) is 80.9. The first-order chi connectivity index (χ1) is 53.4. The number of aryl methyl sites for hydroxylation is 4. The summed E-state index contributed by atoms with van der Waals surface area (Å²) < 4.78 is 119. The Hall–Kier alpha value is -11.6. The molecule has 29 heteroatoms. The molecule has 13 rings (SSSR count). The van der Waals surface area contributed by atoms with E-state index >= 15 is 0 Å². The minimum absolute atomic E-state index is 0. The van der Waals surface area contributed by atoms with Gasteiger partial charge in [0.1, 0.15) is 26.2 Å². The molecule has 0 saturated carbocycles. The zero-order chi connectivity index (χ0) is 79.6. The monoisotopic (exact) mass is 1630 g/mol. The second-order valence-corrected chi connectivity index (χ2v) is 35.0. The van der Waals surface area contributed by atoms with Gasteiger partial charge in [-0.25, -0.2) is 43.6 Å². The normalized spacial score (nSPS) is 12.4. The Kier molecular flexibility index (Phi) is 23.9. The Morgan fingerprint density at radius 1 is 0.301 bits per heavy atom. The van der Waals surface area contributed by atoms with Crippen LogP contribution in [0.25, 0.3) is 90.9 Å². The average Bonchev–Trinajstić information content (AvgIpc) is 1.55. The molecule has 0 spiro atoms. The van der Waals surface area contributed by atoms with Crippen molar-refractivity contribution in [2.45, 2.75) is 73.5 Å². The zero-order valence-corrected chi connectivity index (χ0v) is 65.6. The summed E-state index contributed by atoms with van der Waals surface area (Å²) in [5.74, 6) is -5.59. The van der Waals surface area contributed by atoms with Crippen LogP contribution in [0.1, 0.15) is 67.3 Å². The fraction of sp³-hybridized carbons (Fsp3) is 0.143. The molecule has 0 atom stereocenters. The van der Waals surface area contributed by atoms with Crippen molar-refractivity contribution in [3.8, 4) is 44.5 Å². The number of sulfonamides is 4. The number of rotatable bonds is 28. The van der Waals surface area contributed by atoms with E-state index in [0.29, 0.717) is 112 Å². The molecule has 24 nitrogen and oxygen atoms in total. The van der Waals surface area contributed by atoms with Gasteiger partial charge in [-0.1, -0.05) is 144 Å². The molecule has 6 N–H and O–H groups in total. The number of benzene rings is 8. The van der Waals surface area contributed by atoms with Crippen LogP contribution in [0, 0.1) is 27.7 Å². The Labute approximate surface area is 663 Å². The van der Waals surface area contributed by atoms with E-state index in [9.17, 15) is 73.3 Å². The third-order valence-electron chi connectivity index (χ3n) is 18.9. The SMILES string of the molecule is Cc1ccc(S(=O)(=O)N(CC(=O)O)Cc2cccc(-c3c4nc(c(-c5cccc(CN(CC(=O)O)S(=O)(=O)c6ccc(C)cc6)c5)c5ccc([nH]5)c(-c5cccc(CN(CC(=O)O)S(=O)(=O)c6ccc(C)cc6)c5)c5nc(c(-c6cccc(CN(CC(=O)O)S(=O)(=O)c7ccc(C)cc7)c6)c6ccc3[nH]6)C=C5)C=C4)c2)cc1.[Mn+3]. The Balaban J connectivity index is 0.0000118. The predicted molar refractivity (Wildman–Crippen MR) is 426 cm³/mol. The Morgan fingerprint density at radius 3 is 0.681 bits per heavy atom. The number of carboxylic acid groups (broad SMARTS) is 4. The Morgan fingerprint density at radius 2 is 0.496 bits per heavy atom. The average molecular weight is 1630 g/mol. The summed E-state index contributed by atoms with van der Waals surface area (Å²) in [6.07, 6.45) is 7.08. The summed E-state index contributed by atoms with van der Waals surface area (Å²) >= 11 is 0. The fourth-order valence-electron chi connectivity index (χ4n) is 13.5. The molecule has 8 aromatic carbocycles. The maximum atomic E-state index is 14.4. The van der Waals surface area contributed by atoms with Gasteiger partial charge in [-0.15, -0.1) is 0 Å². The largest absolute Gasteiger partial charge is 3.00 e. The van der Waals surface area contributed by atoms with Crippen molar-refractivity contribution in [2.24, 2.45) is 0 Å². The number of carbonyl (C=O) groups is 4. The summed E-state index contributed by atoms with van der Waals surface area (Å²) in [5, 5.41) is 40.9. The van der Waals surface area contributed by atoms with E-state index in [-0.39, 0.29) is 36.7 Å². The van der Waals surface area contributed by atoms with Crippen molar-refractivity contribution < 1.29 is 90.3 Å². The maximum absolute atomic E-state index is 14.4. The molecule has 0 saturated heterocycles. The van der Waals surface area contributed by atoms with E-state index in [0.717, 1.165) is 39.5 Å². The summed E-state index contributed by atoms with van der Waals surface area (Å²) in [6.45, 7) is 2.06. The fourth-order valence-corrected chi connectivity index (χ4v) is 19.0. The molecule has 0 amide bonds. The zero-order valence-electron chi connectivity index (χ0n) is 61.1. The minimum Gasteiger partial charge on any atom is -0.480 e. The number of nitrogens with zero attached hydrogens (tertiary/aromatic N) is 6. The number of aromatic amines is 2. The quantitative estimate of drug-likeness (QED) is 0.0248. The van der Waals surface area contributed by atoms with Crippen molar-refractivity contribution in [2.75, 3.05) is 26.2 Å². The van der Waals surface area contributed by atoms with Crippen LogP contribution in [-0.2, 0) is 103 Å². The van der Waals surface area contributed by atoms with Gasteiger partial charge >= 0.3 is 40.9 Å². The third-order valence-corrected chi connectivity index (χ3v) is 26.2. The van der Waals surface area contributed by atoms with Crippen LogP contribution < -0.4 is 0 Å². The summed E-state index contributed by atoms with van der Waals surface area (Å²) in [7, 11) is -17.7. The number of H-pyrrole nitrogens is 2. The van der Waals surface area contributed by atoms with Gasteiger partial charge in [0.05, 0.1) is 42.4 Å². The molecule has 11 aromatic rings. The molecule has 0 fully saturated rings. The van der Waals surface area contributed by atoms with Gasteiger partial charge < -0.3 is 30.4 Å². The Bertz CT molecular complexity index is 5560. The number of aliphatic carboxylic acids is 4. The first-order valence-electron chi connectivity index (χ1n) is 35.1.